The van der Waals surface area contributed by atoms with Gasteiger partial charge in [-0.25, -0.2) is 0 Å². The number of carbonyl (C=O) groups is 1. The van der Waals surface area contributed by atoms with E-state index in [1.165, 1.54) is 6.33 Å². The number of pyridine rings is 1. The Hall–Kier alpha value is -2.44. The van der Waals surface area contributed by atoms with Gasteiger partial charge in [0.15, 0.2) is 6.33 Å². The molecule has 0 spiro atoms. The van der Waals surface area contributed by atoms with Crippen LogP contribution in [0.25, 0.3) is 0 Å². The zero-order valence-corrected chi connectivity index (χ0v) is 11.3. The van der Waals surface area contributed by atoms with Gasteiger partial charge in [-0.05, 0) is 12.5 Å². The second-order valence-corrected chi connectivity index (χ2v) is 4.19. The van der Waals surface area contributed by atoms with E-state index in [2.05, 4.69) is 32.7 Å². The Bertz CT molecular complexity index is 541. The van der Waals surface area contributed by atoms with E-state index in [9.17, 15) is 4.79 Å². The van der Waals surface area contributed by atoms with Crippen molar-refractivity contribution in [2.45, 2.75) is 19.8 Å². The quantitative estimate of drug-likeness (QED) is 0.790. The maximum absolute atomic E-state index is 12.1. The van der Waals surface area contributed by atoms with Crippen LogP contribution in [0.15, 0.2) is 29.3 Å². The Morgan fingerprint density at radius 2 is 2.30 bits per heavy atom. The van der Waals surface area contributed by atoms with E-state index in [0.29, 0.717) is 24.4 Å². The molecular weight excluding hydrogens is 258 g/mol. The first-order valence-corrected chi connectivity index (χ1v) is 6.53. The van der Waals surface area contributed by atoms with Crippen LogP contribution in [0, 0.1) is 0 Å². The lowest BCUT2D eigenvalue weighted by atomic mass is 10.2. The van der Waals surface area contributed by atoms with Gasteiger partial charge in [-0.15, -0.1) is 0 Å². The van der Waals surface area contributed by atoms with Gasteiger partial charge in [0.1, 0.15) is 0 Å². The van der Waals surface area contributed by atoms with E-state index >= 15 is 0 Å². The van der Waals surface area contributed by atoms with Gasteiger partial charge in [0.2, 0.25) is 5.89 Å². The van der Waals surface area contributed by atoms with Crippen molar-refractivity contribution >= 4 is 11.6 Å². The molecule has 2 aromatic rings. The van der Waals surface area contributed by atoms with E-state index < -0.39 is 0 Å². The lowest BCUT2D eigenvalue weighted by Crippen LogP contribution is -2.26. The molecule has 0 atom stereocenters. The second-order valence-electron chi connectivity index (χ2n) is 4.19. The molecule has 2 aromatic heterocycles. The Labute approximate surface area is 116 Å². The highest BCUT2D eigenvalue weighted by atomic mass is 16.5. The molecule has 106 valence electrons. The molecule has 7 nitrogen and oxygen atoms in total. The van der Waals surface area contributed by atoms with Crippen molar-refractivity contribution in [2.24, 2.45) is 0 Å². The van der Waals surface area contributed by atoms with Gasteiger partial charge in [0, 0.05) is 31.9 Å². The standard InChI is InChI=1S/C13H17N5O2/c1-2-5-15-11-3-6-14-8-10(11)13(19)16-7-4-12-17-9-18-20-12/h3,6,8-9H,2,4-5,7H2,1H3,(H,14,15)(H,16,19). The minimum Gasteiger partial charge on any atom is -0.384 e. The molecule has 20 heavy (non-hydrogen) atoms. The number of amides is 1. The summed E-state index contributed by atoms with van der Waals surface area (Å²) in [6, 6.07) is 1.79. The van der Waals surface area contributed by atoms with Crippen molar-refractivity contribution in [1.82, 2.24) is 20.4 Å². The molecular formula is C13H17N5O2. The summed E-state index contributed by atoms with van der Waals surface area (Å²) >= 11 is 0. The molecule has 0 aromatic carbocycles. The highest BCUT2D eigenvalue weighted by Crippen LogP contribution is 2.13. The first kappa shape index (κ1) is 14.0. The SMILES string of the molecule is CCCNc1ccncc1C(=O)NCCc1ncno1. The van der Waals surface area contributed by atoms with Crippen molar-refractivity contribution in [3.63, 3.8) is 0 Å². The van der Waals surface area contributed by atoms with Crippen molar-refractivity contribution in [3.8, 4) is 0 Å². The highest BCUT2D eigenvalue weighted by molar-refractivity contribution is 5.99. The van der Waals surface area contributed by atoms with Crippen LogP contribution in [-0.4, -0.2) is 34.1 Å². The summed E-state index contributed by atoms with van der Waals surface area (Å²) in [5.41, 5.74) is 1.32. The average molecular weight is 275 g/mol. The number of nitrogens with zero attached hydrogens (tertiary/aromatic N) is 3. The van der Waals surface area contributed by atoms with E-state index in [1.807, 2.05) is 0 Å². The van der Waals surface area contributed by atoms with Crippen molar-refractivity contribution in [2.75, 3.05) is 18.4 Å². The fraction of sp³-hybridized carbons (Fsp3) is 0.385. The van der Waals surface area contributed by atoms with E-state index in [1.54, 1.807) is 18.5 Å². The highest BCUT2D eigenvalue weighted by Gasteiger charge is 2.11. The fourth-order valence-electron chi connectivity index (χ4n) is 1.67. The minimum atomic E-state index is -0.170. The van der Waals surface area contributed by atoms with Crippen LogP contribution in [0.3, 0.4) is 0 Å². The molecule has 0 saturated carbocycles. The van der Waals surface area contributed by atoms with Crippen LogP contribution >= 0.6 is 0 Å². The minimum absolute atomic E-state index is 0.170. The number of carbonyl (C=O) groups excluding carboxylic acids is 1. The molecule has 1 amide bonds. The molecule has 2 rings (SSSR count). The molecule has 2 N–H and O–H groups in total. The number of anilines is 1. The maximum Gasteiger partial charge on any atom is 0.254 e. The second kappa shape index (κ2) is 7.22. The third-order valence-corrected chi connectivity index (χ3v) is 2.66. The molecule has 2 heterocycles. The monoisotopic (exact) mass is 275 g/mol. The number of nitrogens with one attached hydrogen (secondary N) is 2. The zero-order valence-electron chi connectivity index (χ0n) is 11.3. The van der Waals surface area contributed by atoms with Crippen molar-refractivity contribution in [3.05, 3.63) is 36.2 Å². The van der Waals surface area contributed by atoms with Gasteiger partial charge in [-0.1, -0.05) is 12.1 Å². The molecule has 0 radical (unpaired) electrons. The molecule has 7 heteroatoms. The summed E-state index contributed by atoms with van der Waals surface area (Å²) in [7, 11) is 0. The number of rotatable bonds is 7. The summed E-state index contributed by atoms with van der Waals surface area (Å²) in [6.07, 6.45) is 6.04. The summed E-state index contributed by atoms with van der Waals surface area (Å²) in [5, 5.41) is 9.52. The number of aromatic nitrogens is 3. The molecule has 0 aliphatic heterocycles. The van der Waals surface area contributed by atoms with E-state index in [-0.39, 0.29) is 5.91 Å². The largest absolute Gasteiger partial charge is 0.384 e. The van der Waals surface area contributed by atoms with Crippen LogP contribution < -0.4 is 10.6 Å². The molecule has 0 fully saturated rings. The molecule has 0 aliphatic carbocycles. The first-order valence-electron chi connectivity index (χ1n) is 6.53. The Morgan fingerprint density at radius 3 is 3.05 bits per heavy atom. The van der Waals surface area contributed by atoms with Crippen LogP contribution in [-0.2, 0) is 6.42 Å². The van der Waals surface area contributed by atoms with Gasteiger partial charge >= 0.3 is 0 Å². The predicted octanol–water partition coefficient (Wildman–Crippen LogP) is 1.26. The fourth-order valence-corrected chi connectivity index (χ4v) is 1.67. The third kappa shape index (κ3) is 3.78. The van der Waals surface area contributed by atoms with Crippen LogP contribution in [0.2, 0.25) is 0 Å². The maximum atomic E-state index is 12.1. The zero-order chi connectivity index (χ0) is 14.2. The van der Waals surface area contributed by atoms with E-state index in [0.717, 1.165) is 18.7 Å². The summed E-state index contributed by atoms with van der Waals surface area (Å²) in [4.78, 5) is 20.0. The van der Waals surface area contributed by atoms with Gasteiger partial charge < -0.3 is 15.2 Å². The van der Waals surface area contributed by atoms with Gasteiger partial charge in [0.25, 0.3) is 5.91 Å². The molecule has 0 unspecified atom stereocenters. The predicted molar refractivity (Wildman–Crippen MR) is 73.4 cm³/mol. The molecule has 0 saturated heterocycles. The van der Waals surface area contributed by atoms with Gasteiger partial charge in [-0.2, -0.15) is 4.98 Å². The Balaban J connectivity index is 1.91. The first-order chi connectivity index (χ1) is 9.81. The van der Waals surface area contributed by atoms with E-state index in [4.69, 9.17) is 4.52 Å². The lowest BCUT2D eigenvalue weighted by Gasteiger charge is -2.10. The average Bonchev–Trinajstić information content (AvgIpc) is 2.98. The van der Waals surface area contributed by atoms with Crippen LogP contribution in [0.1, 0.15) is 29.6 Å². The van der Waals surface area contributed by atoms with Crippen molar-refractivity contribution < 1.29 is 9.32 Å². The lowest BCUT2D eigenvalue weighted by molar-refractivity contribution is 0.0954. The normalized spacial score (nSPS) is 10.2. The summed E-state index contributed by atoms with van der Waals surface area (Å²) < 4.78 is 4.86. The molecule has 0 aliphatic rings. The summed E-state index contributed by atoms with van der Waals surface area (Å²) in [5.74, 6) is 0.331. The van der Waals surface area contributed by atoms with Gasteiger partial charge in [-0.3, -0.25) is 9.78 Å². The van der Waals surface area contributed by atoms with Gasteiger partial charge in [0.05, 0.1) is 11.3 Å². The topological polar surface area (TPSA) is 92.9 Å². The Morgan fingerprint density at radius 1 is 1.40 bits per heavy atom. The third-order valence-electron chi connectivity index (χ3n) is 2.66. The number of hydrogen-bond donors (Lipinski definition) is 2. The smallest absolute Gasteiger partial charge is 0.254 e. The molecule has 0 bridgehead atoms. The number of hydrogen-bond acceptors (Lipinski definition) is 6. The summed E-state index contributed by atoms with van der Waals surface area (Å²) in [6.45, 7) is 3.31. The Kier molecular flexibility index (Phi) is 5.05. The van der Waals surface area contributed by atoms with Crippen LogP contribution in [0.4, 0.5) is 5.69 Å². The van der Waals surface area contributed by atoms with Crippen LogP contribution in [0.5, 0.6) is 0 Å². The van der Waals surface area contributed by atoms with Crippen molar-refractivity contribution in [1.29, 1.82) is 0 Å².